The number of benzene rings is 2. The highest BCUT2D eigenvalue weighted by Crippen LogP contribution is 2.29. The molecule has 128 valence electrons. The summed E-state index contributed by atoms with van der Waals surface area (Å²) in [6.45, 7) is 1.76. The van der Waals surface area contributed by atoms with Gasteiger partial charge in [0.15, 0.2) is 0 Å². The van der Waals surface area contributed by atoms with Crippen molar-refractivity contribution in [2.75, 3.05) is 5.32 Å². The Balaban J connectivity index is 2.23. The first-order valence-electron chi connectivity index (χ1n) is 7.07. The predicted molar refractivity (Wildman–Crippen MR) is 89.9 cm³/mol. The van der Waals surface area contributed by atoms with E-state index in [0.717, 1.165) is 17.7 Å². The molecule has 1 amide bonds. The van der Waals surface area contributed by atoms with Crippen LogP contribution in [0.2, 0.25) is 5.02 Å². The maximum Gasteiger partial charge on any atom is 0.416 e. The van der Waals surface area contributed by atoms with Crippen LogP contribution >= 0.6 is 11.6 Å². The highest BCUT2D eigenvalue weighted by molar-refractivity contribution is 6.31. The van der Waals surface area contributed by atoms with Crippen LogP contribution < -0.4 is 5.32 Å². The third-order valence-electron chi connectivity index (χ3n) is 3.36. The molecule has 7 heteroatoms. The first-order chi connectivity index (χ1) is 11.7. The molecule has 0 atom stereocenters. The van der Waals surface area contributed by atoms with Gasteiger partial charge in [0.25, 0.3) is 5.91 Å². The molecule has 0 saturated carbocycles. The van der Waals surface area contributed by atoms with Gasteiger partial charge < -0.3 is 5.32 Å². The molecule has 25 heavy (non-hydrogen) atoms. The molecule has 2 aromatic rings. The van der Waals surface area contributed by atoms with E-state index in [-0.39, 0.29) is 5.57 Å². The molecule has 3 nitrogen and oxygen atoms in total. The summed E-state index contributed by atoms with van der Waals surface area (Å²) in [5.74, 6) is -0.673. The summed E-state index contributed by atoms with van der Waals surface area (Å²) in [6.07, 6.45) is -3.23. The lowest BCUT2D eigenvalue weighted by molar-refractivity contribution is -0.137. The van der Waals surface area contributed by atoms with E-state index in [0.29, 0.717) is 16.3 Å². The molecule has 0 aliphatic carbocycles. The van der Waals surface area contributed by atoms with Crippen molar-refractivity contribution in [1.82, 2.24) is 0 Å². The summed E-state index contributed by atoms with van der Waals surface area (Å²) in [4.78, 5) is 12.2. The van der Waals surface area contributed by atoms with Gasteiger partial charge in [-0.05, 0) is 48.4 Å². The van der Waals surface area contributed by atoms with Crippen LogP contribution in [-0.4, -0.2) is 5.91 Å². The molecule has 2 rings (SSSR count). The van der Waals surface area contributed by atoms with Crippen LogP contribution in [0.25, 0.3) is 6.08 Å². The molecular formula is C18H12ClF3N2O. The molecular weight excluding hydrogens is 353 g/mol. The number of amides is 1. The Kier molecular flexibility index (Phi) is 5.50. The van der Waals surface area contributed by atoms with E-state index >= 15 is 0 Å². The Morgan fingerprint density at radius 3 is 2.40 bits per heavy atom. The molecule has 0 spiro atoms. The highest BCUT2D eigenvalue weighted by atomic mass is 35.5. The van der Waals surface area contributed by atoms with Crippen LogP contribution in [0.4, 0.5) is 18.9 Å². The van der Waals surface area contributed by atoms with Crippen molar-refractivity contribution in [3.63, 3.8) is 0 Å². The molecule has 2 aromatic carbocycles. The number of anilines is 1. The van der Waals surface area contributed by atoms with Crippen LogP contribution in [0.3, 0.4) is 0 Å². The topological polar surface area (TPSA) is 52.9 Å². The fourth-order valence-electron chi connectivity index (χ4n) is 2.00. The standard InChI is InChI=1S/C18H12ClF3N2O/c1-11-2-7-15(19)9-16(11)24-17(25)13(10-23)8-12-3-5-14(6-4-12)18(20,21)22/h2-9H,1H3,(H,24,25)/b13-8+. The number of hydrogen-bond acceptors (Lipinski definition) is 2. The summed E-state index contributed by atoms with van der Waals surface area (Å²) in [5.41, 5.74) is 0.472. The van der Waals surface area contributed by atoms with Crippen molar-refractivity contribution in [3.05, 3.63) is 69.8 Å². The van der Waals surface area contributed by atoms with Crippen LogP contribution in [0.15, 0.2) is 48.0 Å². The van der Waals surface area contributed by atoms with Gasteiger partial charge in [-0.2, -0.15) is 18.4 Å². The smallest absolute Gasteiger partial charge is 0.321 e. The molecule has 0 aliphatic heterocycles. The Morgan fingerprint density at radius 2 is 1.84 bits per heavy atom. The molecule has 0 aromatic heterocycles. The monoisotopic (exact) mass is 364 g/mol. The number of hydrogen-bond donors (Lipinski definition) is 1. The number of nitrogens with zero attached hydrogens (tertiary/aromatic N) is 1. The van der Waals surface area contributed by atoms with Crippen LogP contribution in [0.1, 0.15) is 16.7 Å². The molecule has 0 heterocycles. The minimum atomic E-state index is -4.44. The zero-order valence-electron chi connectivity index (χ0n) is 13.0. The Morgan fingerprint density at radius 1 is 1.20 bits per heavy atom. The summed E-state index contributed by atoms with van der Waals surface area (Å²) in [7, 11) is 0. The predicted octanol–water partition coefficient (Wildman–Crippen LogP) is 5.21. The van der Waals surface area contributed by atoms with Crippen molar-refractivity contribution in [2.24, 2.45) is 0 Å². The summed E-state index contributed by atoms with van der Waals surface area (Å²) in [6, 6.07) is 10.8. The van der Waals surface area contributed by atoms with Gasteiger partial charge in [0.2, 0.25) is 0 Å². The average Bonchev–Trinajstić information content (AvgIpc) is 2.55. The van der Waals surface area contributed by atoms with E-state index in [9.17, 15) is 18.0 Å². The Hall–Kier alpha value is -2.78. The van der Waals surface area contributed by atoms with E-state index in [1.54, 1.807) is 31.2 Å². The van der Waals surface area contributed by atoms with E-state index in [2.05, 4.69) is 5.32 Å². The molecule has 0 radical (unpaired) electrons. The third kappa shape index (κ3) is 4.85. The summed E-state index contributed by atoms with van der Waals surface area (Å²) < 4.78 is 37.6. The zero-order chi connectivity index (χ0) is 18.6. The number of carbonyl (C=O) groups excluding carboxylic acids is 1. The molecule has 0 aliphatic rings. The number of rotatable bonds is 3. The second kappa shape index (κ2) is 7.41. The number of nitrogens with one attached hydrogen (secondary N) is 1. The van der Waals surface area contributed by atoms with Gasteiger partial charge in [-0.15, -0.1) is 0 Å². The molecule has 0 bridgehead atoms. The molecule has 1 N–H and O–H groups in total. The second-order valence-electron chi connectivity index (χ2n) is 5.20. The minimum Gasteiger partial charge on any atom is -0.321 e. The largest absolute Gasteiger partial charge is 0.416 e. The van der Waals surface area contributed by atoms with Crippen molar-refractivity contribution in [3.8, 4) is 6.07 Å². The van der Waals surface area contributed by atoms with Crippen LogP contribution in [0.5, 0.6) is 0 Å². The van der Waals surface area contributed by atoms with Crippen LogP contribution in [-0.2, 0) is 11.0 Å². The summed E-state index contributed by atoms with van der Waals surface area (Å²) >= 11 is 5.87. The Labute approximate surface area is 147 Å². The van der Waals surface area contributed by atoms with E-state index in [4.69, 9.17) is 16.9 Å². The number of halogens is 4. The van der Waals surface area contributed by atoms with Gasteiger partial charge >= 0.3 is 6.18 Å². The van der Waals surface area contributed by atoms with Gasteiger partial charge in [0, 0.05) is 10.7 Å². The van der Waals surface area contributed by atoms with E-state index < -0.39 is 17.6 Å². The number of carbonyl (C=O) groups is 1. The van der Waals surface area contributed by atoms with Crippen molar-refractivity contribution < 1.29 is 18.0 Å². The maximum absolute atomic E-state index is 12.5. The lowest BCUT2D eigenvalue weighted by Crippen LogP contribution is -2.14. The van der Waals surface area contributed by atoms with Gasteiger partial charge in [-0.1, -0.05) is 29.8 Å². The zero-order valence-corrected chi connectivity index (χ0v) is 13.7. The third-order valence-corrected chi connectivity index (χ3v) is 3.60. The fourth-order valence-corrected chi connectivity index (χ4v) is 2.17. The van der Waals surface area contributed by atoms with Crippen molar-refractivity contribution >= 4 is 29.3 Å². The van der Waals surface area contributed by atoms with Crippen LogP contribution in [0, 0.1) is 18.3 Å². The quantitative estimate of drug-likeness (QED) is 0.600. The second-order valence-corrected chi connectivity index (χ2v) is 5.64. The van der Waals surface area contributed by atoms with Gasteiger partial charge in [0.05, 0.1) is 5.56 Å². The summed E-state index contributed by atoms with van der Waals surface area (Å²) in [5, 5.41) is 12.1. The number of alkyl halides is 3. The van der Waals surface area contributed by atoms with Crippen molar-refractivity contribution in [2.45, 2.75) is 13.1 Å². The lowest BCUT2D eigenvalue weighted by Gasteiger charge is -2.08. The number of nitriles is 1. The van der Waals surface area contributed by atoms with Gasteiger partial charge in [0.1, 0.15) is 11.6 Å². The highest BCUT2D eigenvalue weighted by Gasteiger charge is 2.29. The normalized spacial score (nSPS) is 11.8. The minimum absolute atomic E-state index is 0.237. The maximum atomic E-state index is 12.5. The van der Waals surface area contributed by atoms with Gasteiger partial charge in [-0.3, -0.25) is 4.79 Å². The molecule has 0 saturated heterocycles. The Bertz CT molecular complexity index is 865. The van der Waals surface area contributed by atoms with Crippen molar-refractivity contribution in [1.29, 1.82) is 5.26 Å². The fraction of sp³-hybridized carbons (Fsp3) is 0.111. The lowest BCUT2D eigenvalue weighted by atomic mass is 10.1. The van der Waals surface area contributed by atoms with Gasteiger partial charge in [-0.25, -0.2) is 0 Å². The number of aryl methyl sites for hydroxylation is 1. The molecule has 0 fully saturated rings. The molecule has 0 unspecified atom stereocenters. The SMILES string of the molecule is Cc1ccc(Cl)cc1NC(=O)/C(C#N)=C/c1ccc(C(F)(F)F)cc1. The van der Waals surface area contributed by atoms with E-state index in [1.165, 1.54) is 18.2 Å². The average molecular weight is 365 g/mol. The first kappa shape index (κ1) is 18.6. The first-order valence-corrected chi connectivity index (χ1v) is 7.45. The van der Waals surface area contributed by atoms with E-state index in [1.807, 2.05) is 0 Å².